The summed E-state index contributed by atoms with van der Waals surface area (Å²) in [5.41, 5.74) is 8.82. The molecule has 0 spiro atoms. The van der Waals surface area contributed by atoms with Crippen molar-refractivity contribution < 1.29 is 19.5 Å². The number of rotatable bonds is 2. The Hall–Kier alpha value is -3.76. The van der Waals surface area contributed by atoms with E-state index in [0.29, 0.717) is 0 Å². The average molecular weight is 465 g/mol. The van der Waals surface area contributed by atoms with Crippen molar-refractivity contribution in [3.8, 4) is 0 Å². The number of nitrogens with zero attached hydrogens (tertiary/aromatic N) is 4. The molecule has 1 aromatic rings. The molecule has 32 heavy (non-hydrogen) atoms. The Morgan fingerprint density at radius 1 is 0.500 bits per heavy atom. The van der Waals surface area contributed by atoms with Crippen molar-refractivity contribution in [2.24, 2.45) is 20.0 Å². The number of allylic oxidation sites excluding steroid dienone is 11. The van der Waals surface area contributed by atoms with E-state index in [2.05, 4.69) is 15.3 Å². The number of benzene rings is 1. The second kappa shape index (κ2) is 8.41. The molecule has 5 nitrogen and oxygen atoms in total. The number of anilines is 1. The minimum atomic E-state index is 0. The van der Waals surface area contributed by atoms with E-state index in [1.165, 1.54) is 0 Å². The van der Waals surface area contributed by atoms with Gasteiger partial charge in [-0.15, -0.1) is 0 Å². The van der Waals surface area contributed by atoms with Crippen LogP contribution < -0.4 is 5.32 Å². The van der Waals surface area contributed by atoms with Gasteiger partial charge in [0.2, 0.25) is 0 Å². The first-order chi connectivity index (χ1) is 15.3. The molecule has 0 unspecified atom stereocenters. The fourth-order valence-corrected chi connectivity index (χ4v) is 3.67. The van der Waals surface area contributed by atoms with Crippen molar-refractivity contribution >= 4 is 28.5 Å². The quantitative estimate of drug-likeness (QED) is 0.614. The fraction of sp³-hybridized carbons (Fsp3) is 0. The molecule has 5 heterocycles. The molecule has 5 aliphatic rings. The van der Waals surface area contributed by atoms with E-state index in [9.17, 15) is 0 Å². The first-order valence-corrected chi connectivity index (χ1v) is 10.1. The van der Waals surface area contributed by atoms with Crippen molar-refractivity contribution in [2.45, 2.75) is 0 Å². The van der Waals surface area contributed by atoms with Crippen LogP contribution in [0.4, 0.5) is 5.69 Å². The third kappa shape index (κ3) is 4.18. The average Bonchev–Trinajstić information content (AvgIpc) is 3.55. The Bertz CT molecular complexity index is 1370. The van der Waals surface area contributed by atoms with Crippen LogP contribution in [0.3, 0.4) is 0 Å². The largest absolute Gasteiger partial charge is 0.354 e. The summed E-state index contributed by atoms with van der Waals surface area (Å²) < 4.78 is 0. The van der Waals surface area contributed by atoms with Crippen molar-refractivity contribution in [2.75, 3.05) is 5.32 Å². The van der Waals surface area contributed by atoms with E-state index in [1.807, 2.05) is 97.2 Å². The molecule has 5 aliphatic heterocycles. The van der Waals surface area contributed by atoms with Crippen molar-refractivity contribution in [3.05, 3.63) is 126 Å². The summed E-state index contributed by atoms with van der Waals surface area (Å²) in [7, 11) is 0. The molecule has 0 atom stereocenters. The summed E-state index contributed by atoms with van der Waals surface area (Å²) in [5, 5.41) is 3.47. The van der Waals surface area contributed by atoms with Crippen LogP contribution >= 0.6 is 0 Å². The first kappa shape index (κ1) is 20.2. The van der Waals surface area contributed by atoms with E-state index in [4.69, 9.17) is 9.98 Å². The Morgan fingerprint density at radius 3 is 1.62 bits per heavy atom. The van der Waals surface area contributed by atoms with E-state index < -0.39 is 0 Å². The molecule has 0 radical (unpaired) electrons. The van der Waals surface area contributed by atoms with Gasteiger partial charge in [0.15, 0.2) is 0 Å². The summed E-state index contributed by atoms with van der Waals surface area (Å²) in [6.07, 6.45) is 21.9. The molecular formula is C26H17N5Zn. The molecule has 148 valence electrons. The predicted octanol–water partition coefficient (Wildman–Crippen LogP) is 5.02. The maximum absolute atomic E-state index is 4.83. The van der Waals surface area contributed by atoms with E-state index in [-0.39, 0.29) is 19.5 Å². The summed E-state index contributed by atoms with van der Waals surface area (Å²) in [6, 6.07) is 10.1. The van der Waals surface area contributed by atoms with Crippen LogP contribution in [0.5, 0.6) is 0 Å². The SMILES string of the molecule is C1=CC2=NC1=CC1=NC(=CC3=NC(=CC4=NC(=C2)C=C4)C=C3Nc2ccccc2)C=C1.[Zn]. The van der Waals surface area contributed by atoms with Gasteiger partial charge in [0.05, 0.1) is 51.3 Å². The molecule has 1 N–H and O–H groups in total. The van der Waals surface area contributed by atoms with Crippen molar-refractivity contribution in [1.29, 1.82) is 0 Å². The summed E-state index contributed by atoms with van der Waals surface area (Å²) in [5.74, 6) is 0. The molecule has 0 aromatic heterocycles. The zero-order valence-electron chi connectivity index (χ0n) is 17.2. The van der Waals surface area contributed by atoms with Crippen molar-refractivity contribution in [3.63, 3.8) is 0 Å². The smallest absolute Gasteiger partial charge is 0.0894 e. The minimum absolute atomic E-state index is 0. The second-order valence-corrected chi connectivity index (χ2v) is 7.43. The molecule has 0 aliphatic carbocycles. The van der Waals surface area contributed by atoms with Crippen LogP contribution in [0.2, 0.25) is 0 Å². The van der Waals surface area contributed by atoms with E-state index >= 15 is 0 Å². The number of para-hydroxylation sites is 1. The van der Waals surface area contributed by atoms with Gasteiger partial charge in [-0.2, -0.15) is 0 Å². The maximum Gasteiger partial charge on any atom is 0.0894 e. The first-order valence-electron chi connectivity index (χ1n) is 10.1. The van der Waals surface area contributed by atoms with Crippen LogP contribution in [0.15, 0.2) is 146 Å². The van der Waals surface area contributed by atoms with Gasteiger partial charge < -0.3 is 5.32 Å². The summed E-state index contributed by atoms with van der Waals surface area (Å²) in [4.78, 5) is 18.9. The number of nitrogens with one attached hydrogen (secondary N) is 1. The van der Waals surface area contributed by atoms with Gasteiger partial charge in [-0.05, 0) is 79.0 Å². The maximum atomic E-state index is 4.83. The van der Waals surface area contributed by atoms with Gasteiger partial charge in [0.1, 0.15) is 0 Å². The third-order valence-corrected chi connectivity index (χ3v) is 5.09. The number of aliphatic imine (C=N–C) groups is 4. The van der Waals surface area contributed by atoms with Crippen LogP contribution in [-0.2, 0) is 19.5 Å². The Labute approximate surface area is 198 Å². The molecule has 0 saturated heterocycles. The van der Waals surface area contributed by atoms with Crippen LogP contribution in [0.1, 0.15) is 0 Å². The zero-order valence-corrected chi connectivity index (χ0v) is 20.2. The van der Waals surface area contributed by atoms with Gasteiger partial charge in [-0.25, -0.2) is 20.0 Å². The Morgan fingerprint density at radius 2 is 1.03 bits per heavy atom. The van der Waals surface area contributed by atoms with E-state index in [1.54, 1.807) is 0 Å². The van der Waals surface area contributed by atoms with Gasteiger partial charge >= 0.3 is 0 Å². The topological polar surface area (TPSA) is 61.5 Å². The predicted molar refractivity (Wildman–Crippen MR) is 128 cm³/mol. The van der Waals surface area contributed by atoms with Gasteiger partial charge in [0, 0.05) is 25.2 Å². The standard InChI is InChI=1S/C26H17N5.Zn/c1-2-4-17(5-3-1)30-26-16-24-14-22-9-8-20(28-22)12-18-6-7-19(27-18)13-21-10-11-23(29-21)15-25(26)31-24;/h1-16,30H;. The molecule has 1 aromatic carbocycles. The molecule has 0 saturated carbocycles. The van der Waals surface area contributed by atoms with Crippen LogP contribution in [0, 0.1) is 0 Å². The van der Waals surface area contributed by atoms with Gasteiger partial charge in [0.25, 0.3) is 0 Å². The normalized spacial score (nSPS) is 19.7. The Balaban J connectivity index is 0.00000216. The fourth-order valence-electron chi connectivity index (χ4n) is 3.67. The number of hydrogen-bond acceptors (Lipinski definition) is 5. The molecule has 6 rings (SSSR count). The van der Waals surface area contributed by atoms with Crippen LogP contribution in [0.25, 0.3) is 0 Å². The monoisotopic (exact) mass is 463 g/mol. The third-order valence-electron chi connectivity index (χ3n) is 5.09. The molecule has 0 amide bonds. The van der Waals surface area contributed by atoms with Gasteiger partial charge in [-0.3, -0.25) is 0 Å². The molecule has 6 heteroatoms. The molecule has 8 bridgehead atoms. The van der Waals surface area contributed by atoms with Crippen molar-refractivity contribution in [1.82, 2.24) is 0 Å². The second-order valence-electron chi connectivity index (χ2n) is 7.43. The number of hydrogen-bond donors (Lipinski definition) is 1. The Kier molecular flexibility index (Phi) is 5.30. The summed E-state index contributed by atoms with van der Waals surface area (Å²) in [6.45, 7) is 0. The molecular weight excluding hydrogens is 448 g/mol. The van der Waals surface area contributed by atoms with Gasteiger partial charge in [-0.1, -0.05) is 18.2 Å². The van der Waals surface area contributed by atoms with Crippen LogP contribution in [-0.4, -0.2) is 22.8 Å². The van der Waals surface area contributed by atoms with E-state index in [0.717, 1.165) is 57.0 Å². The molecule has 0 fully saturated rings. The number of fused-ring (bicyclic) bond motifs is 4. The minimum Gasteiger partial charge on any atom is -0.354 e. The zero-order chi connectivity index (χ0) is 20.6. The summed E-state index contributed by atoms with van der Waals surface area (Å²) >= 11 is 0.